The van der Waals surface area contributed by atoms with Crippen molar-refractivity contribution in [3.8, 4) is 0 Å². The number of quaternary nitrogens is 1. The maximum Gasteiger partial charge on any atom is 0.362 e. The summed E-state index contributed by atoms with van der Waals surface area (Å²) in [4.78, 5) is 37.1. The number of hydrogen-bond donors (Lipinski definition) is 1. The average molecular weight is 871 g/mol. The summed E-state index contributed by atoms with van der Waals surface area (Å²) in [5.41, 5.74) is 0. The Balaban J connectivity index is 4.31. The molecule has 8 heteroatoms. The molecule has 8 nitrogen and oxygen atoms in total. The van der Waals surface area contributed by atoms with Crippen molar-refractivity contribution < 1.29 is 38.2 Å². The second-order valence-corrected chi connectivity index (χ2v) is 18.2. The summed E-state index contributed by atoms with van der Waals surface area (Å²) in [6.07, 6.45) is 55.5. The molecule has 0 bridgehead atoms. The van der Waals surface area contributed by atoms with Crippen LogP contribution < -0.4 is 0 Å². The van der Waals surface area contributed by atoms with E-state index in [1.54, 1.807) is 0 Å². The van der Waals surface area contributed by atoms with Gasteiger partial charge in [0, 0.05) is 19.3 Å². The molecule has 2 unspecified atom stereocenters. The van der Waals surface area contributed by atoms with Gasteiger partial charge in [0.1, 0.15) is 6.61 Å². The molecule has 62 heavy (non-hydrogen) atoms. The second kappa shape index (κ2) is 44.6. The van der Waals surface area contributed by atoms with E-state index in [9.17, 15) is 19.5 Å². The summed E-state index contributed by atoms with van der Waals surface area (Å²) in [5, 5.41) is 9.65. The van der Waals surface area contributed by atoms with Crippen LogP contribution in [0.2, 0.25) is 0 Å². The van der Waals surface area contributed by atoms with Crippen LogP contribution >= 0.6 is 0 Å². The van der Waals surface area contributed by atoms with Crippen LogP contribution in [-0.2, 0) is 28.6 Å². The van der Waals surface area contributed by atoms with Crippen LogP contribution in [0.3, 0.4) is 0 Å². The molecule has 0 saturated carbocycles. The van der Waals surface area contributed by atoms with Gasteiger partial charge in [0.2, 0.25) is 0 Å². The molecule has 0 aliphatic carbocycles. The first-order chi connectivity index (χ1) is 30.1. The molecule has 0 spiro atoms. The largest absolute Gasteiger partial charge is 0.477 e. The predicted octanol–water partition coefficient (Wildman–Crippen LogP) is 14.5. The highest BCUT2D eigenvalue weighted by molar-refractivity contribution is 5.72. The Kier molecular flexibility index (Phi) is 42.5. The van der Waals surface area contributed by atoms with Gasteiger partial charge in [-0.05, 0) is 64.2 Å². The molecule has 0 aromatic heterocycles. The van der Waals surface area contributed by atoms with Crippen LogP contribution in [0.1, 0.15) is 213 Å². The van der Waals surface area contributed by atoms with Crippen LogP contribution in [0.5, 0.6) is 0 Å². The average Bonchev–Trinajstić information content (AvgIpc) is 3.23. The Morgan fingerprint density at radius 3 is 1.27 bits per heavy atom. The molecule has 0 fully saturated rings. The minimum Gasteiger partial charge on any atom is -0.477 e. The fourth-order valence-electron chi connectivity index (χ4n) is 7.26. The summed E-state index contributed by atoms with van der Waals surface area (Å²) < 4.78 is 17.3. The monoisotopic (exact) mass is 871 g/mol. The highest BCUT2D eigenvalue weighted by atomic mass is 16.6. The van der Waals surface area contributed by atoms with Crippen molar-refractivity contribution in [2.75, 3.05) is 41.0 Å². The maximum atomic E-state index is 12.8. The lowest BCUT2D eigenvalue weighted by Crippen LogP contribution is -2.50. The van der Waals surface area contributed by atoms with Crippen molar-refractivity contribution in [3.05, 3.63) is 60.8 Å². The molecular formula is C54H96NO7+. The van der Waals surface area contributed by atoms with Crippen LogP contribution in [0.15, 0.2) is 60.8 Å². The van der Waals surface area contributed by atoms with E-state index in [-0.39, 0.29) is 36.2 Å². The number of likely N-dealkylation sites (N-methyl/N-ethyl adjacent to an activating group) is 1. The first-order valence-corrected chi connectivity index (χ1v) is 25.4. The molecule has 0 amide bonds. The number of carboxylic acid groups (broad SMARTS) is 1. The number of carbonyl (C=O) groups excluding carboxylic acids is 2. The van der Waals surface area contributed by atoms with Crippen LogP contribution in [0.25, 0.3) is 0 Å². The van der Waals surface area contributed by atoms with Gasteiger partial charge in [-0.3, -0.25) is 9.59 Å². The van der Waals surface area contributed by atoms with Crippen molar-refractivity contribution in [3.63, 3.8) is 0 Å². The molecule has 0 aromatic rings. The number of aliphatic carboxylic acids is 1. The SMILES string of the molecule is CCCCCC/C=C/C=C/CCCCCCCCCCCCC(=O)OCC(COCCC(C(=O)O)[N+](C)(C)C)OC(=O)CCCCCCC/C=C/C=C/C=C/CCCCCCC. The quantitative estimate of drug-likeness (QED) is 0.0282. The smallest absolute Gasteiger partial charge is 0.362 e. The Hall–Kier alpha value is -2.97. The topological polar surface area (TPSA) is 99.1 Å². The van der Waals surface area contributed by atoms with Crippen LogP contribution in [0.4, 0.5) is 0 Å². The van der Waals surface area contributed by atoms with Gasteiger partial charge in [0.25, 0.3) is 0 Å². The number of nitrogens with zero attached hydrogens (tertiary/aromatic N) is 1. The van der Waals surface area contributed by atoms with E-state index >= 15 is 0 Å². The molecule has 2 atom stereocenters. The van der Waals surface area contributed by atoms with Gasteiger partial charge < -0.3 is 23.8 Å². The first kappa shape index (κ1) is 59.0. The van der Waals surface area contributed by atoms with E-state index in [1.165, 1.54) is 116 Å². The van der Waals surface area contributed by atoms with Gasteiger partial charge in [-0.1, -0.05) is 190 Å². The molecular weight excluding hydrogens is 775 g/mol. The van der Waals surface area contributed by atoms with Crippen molar-refractivity contribution in [2.24, 2.45) is 0 Å². The van der Waals surface area contributed by atoms with Crippen LogP contribution in [0, 0.1) is 0 Å². The highest BCUT2D eigenvalue weighted by Crippen LogP contribution is 2.15. The molecule has 0 aliphatic rings. The second-order valence-electron chi connectivity index (χ2n) is 18.2. The number of carboxylic acids is 1. The van der Waals surface area contributed by atoms with E-state index in [0.717, 1.165) is 64.2 Å². The number of ether oxygens (including phenoxy) is 3. The third kappa shape index (κ3) is 42.3. The number of allylic oxidation sites excluding steroid dienone is 10. The molecule has 0 aliphatic heterocycles. The Morgan fingerprint density at radius 1 is 0.484 bits per heavy atom. The molecule has 0 rings (SSSR count). The predicted molar refractivity (Wildman–Crippen MR) is 261 cm³/mol. The molecule has 0 saturated heterocycles. The van der Waals surface area contributed by atoms with Gasteiger partial charge >= 0.3 is 17.9 Å². The first-order valence-electron chi connectivity index (χ1n) is 25.4. The van der Waals surface area contributed by atoms with Gasteiger partial charge in [0.15, 0.2) is 12.1 Å². The number of unbranched alkanes of at least 4 members (excludes halogenated alkanes) is 24. The van der Waals surface area contributed by atoms with Crippen molar-refractivity contribution in [1.29, 1.82) is 0 Å². The zero-order valence-electron chi connectivity index (χ0n) is 40.8. The Morgan fingerprint density at radius 2 is 0.855 bits per heavy atom. The molecule has 0 heterocycles. The Labute approximate surface area is 381 Å². The van der Waals surface area contributed by atoms with Gasteiger partial charge in [-0.25, -0.2) is 4.79 Å². The fraction of sp³-hybridized carbons (Fsp3) is 0.759. The lowest BCUT2D eigenvalue weighted by Gasteiger charge is -2.31. The maximum absolute atomic E-state index is 12.8. The zero-order chi connectivity index (χ0) is 45.6. The lowest BCUT2D eigenvalue weighted by molar-refractivity contribution is -0.887. The minimum absolute atomic E-state index is 0.0502. The van der Waals surface area contributed by atoms with E-state index < -0.39 is 18.1 Å². The molecule has 0 radical (unpaired) electrons. The van der Waals surface area contributed by atoms with Crippen molar-refractivity contribution in [1.82, 2.24) is 0 Å². The molecule has 0 aromatic carbocycles. The van der Waals surface area contributed by atoms with E-state index in [0.29, 0.717) is 19.3 Å². The van der Waals surface area contributed by atoms with E-state index in [1.807, 2.05) is 21.1 Å². The summed E-state index contributed by atoms with van der Waals surface area (Å²) in [6.45, 7) is 4.69. The summed E-state index contributed by atoms with van der Waals surface area (Å²) >= 11 is 0. The summed E-state index contributed by atoms with van der Waals surface area (Å²) in [6, 6.07) is -0.622. The third-order valence-corrected chi connectivity index (χ3v) is 11.2. The zero-order valence-corrected chi connectivity index (χ0v) is 40.8. The van der Waals surface area contributed by atoms with Crippen molar-refractivity contribution >= 4 is 17.9 Å². The summed E-state index contributed by atoms with van der Waals surface area (Å²) in [7, 11) is 5.52. The van der Waals surface area contributed by atoms with E-state index in [4.69, 9.17) is 14.2 Å². The summed E-state index contributed by atoms with van der Waals surface area (Å²) in [5.74, 6) is -1.50. The standard InChI is InChI=1S/C54H95NO7/c1-6-8-10-12-14-16-18-20-22-24-26-27-29-30-32-34-36-38-40-42-44-52(56)61-49-50(48-60-47-46-51(54(58)59)55(3,4)5)62-53(57)45-43-41-39-37-35-33-31-28-25-23-21-19-17-15-13-11-9-7-2/h16,18-23,25,28,31,50-51H,6-15,17,24,26-27,29-30,32-49H2,1-5H3/p+1/b18-16+,21-19+,22-20+,25-23+,31-28+. The van der Waals surface area contributed by atoms with E-state index in [2.05, 4.69) is 74.6 Å². The van der Waals surface area contributed by atoms with Crippen LogP contribution in [-0.4, -0.2) is 80.6 Å². The normalized spacial score (nSPS) is 13.4. The van der Waals surface area contributed by atoms with Crippen molar-refractivity contribution in [2.45, 2.75) is 225 Å². The third-order valence-electron chi connectivity index (χ3n) is 11.2. The number of carbonyl (C=O) groups is 3. The van der Waals surface area contributed by atoms with Gasteiger partial charge in [0.05, 0.1) is 34.4 Å². The molecule has 358 valence electrons. The fourth-order valence-corrected chi connectivity index (χ4v) is 7.26. The number of esters is 2. The number of hydrogen-bond acceptors (Lipinski definition) is 6. The van der Waals surface area contributed by atoms with Gasteiger partial charge in [-0.15, -0.1) is 0 Å². The highest BCUT2D eigenvalue weighted by Gasteiger charge is 2.31. The van der Waals surface area contributed by atoms with Gasteiger partial charge in [-0.2, -0.15) is 0 Å². The Bertz CT molecular complexity index is 1200. The molecule has 1 N–H and O–H groups in total. The number of rotatable bonds is 45. The lowest BCUT2D eigenvalue weighted by atomic mass is 10.1. The minimum atomic E-state index is -0.880.